The molecule has 1 amide bonds. The van der Waals surface area contributed by atoms with Crippen LogP contribution in [0.2, 0.25) is 0 Å². The molecule has 2 fully saturated rings. The van der Waals surface area contributed by atoms with Gasteiger partial charge in [0, 0.05) is 26.1 Å². The Morgan fingerprint density at radius 2 is 1.81 bits per heavy atom. The minimum absolute atomic E-state index is 0.243. The fourth-order valence-electron chi connectivity index (χ4n) is 3.78. The average molecular weight is 296 g/mol. The molecule has 0 aliphatic carbocycles. The fourth-order valence-corrected chi connectivity index (χ4v) is 3.78. The number of piperidine rings is 1. The number of hydrogen-bond donors (Lipinski definition) is 1. The van der Waals surface area contributed by atoms with Crippen molar-refractivity contribution < 1.29 is 14.7 Å². The first kappa shape index (κ1) is 16.3. The Bertz CT molecular complexity index is 376. The molecular formula is C16H28N2O3. The van der Waals surface area contributed by atoms with E-state index in [0.717, 1.165) is 39.0 Å². The van der Waals surface area contributed by atoms with Crippen molar-refractivity contribution in [3.05, 3.63) is 0 Å². The van der Waals surface area contributed by atoms with E-state index in [1.54, 1.807) is 0 Å². The number of carbonyl (C=O) groups excluding carboxylic acids is 1. The largest absolute Gasteiger partial charge is 0.481 e. The van der Waals surface area contributed by atoms with Gasteiger partial charge >= 0.3 is 5.97 Å². The Labute approximate surface area is 127 Å². The number of carbonyl (C=O) groups is 2. The van der Waals surface area contributed by atoms with Crippen molar-refractivity contribution in [2.45, 2.75) is 39.5 Å². The second kappa shape index (κ2) is 7.25. The van der Waals surface area contributed by atoms with E-state index in [1.165, 1.54) is 6.42 Å². The van der Waals surface area contributed by atoms with Crippen molar-refractivity contribution in [1.82, 2.24) is 9.80 Å². The van der Waals surface area contributed by atoms with Crippen molar-refractivity contribution in [1.29, 1.82) is 0 Å². The second-order valence-electron chi connectivity index (χ2n) is 7.07. The highest BCUT2D eigenvalue weighted by Gasteiger charge is 2.29. The summed E-state index contributed by atoms with van der Waals surface area (Å²) in [4.78, 5) is 27.2. The van der Waals surface area contributed by atoms with Crippen LogP contribution >= 0.6 is 0 Å². The maximum Gasteiger partial charge on any atom is 0.303 e. The number of aliphatic carboxylic acids is 1. The fraction of sp³-hybridized carbons (Fsp3) is 0.875. The molecule has 1 N–H and O–H groups in total. The van der Waals surface area contributed by atoms with Crippen molar-refractivity contribution in [3.63, 3.8) is 0 Å². The first-order chi connectivity index (χ1) is 9.94. The van der Waals surface area contributed by atoms with Gasteiger partial charge in [0.1, 0.15) is 0 Å². The number of carboxylic acids is 1. The lowest BCUT2D eigenvalue weighted by Crippen LogP contribution is -2.46. The normalized spacial score (nSPS) is 30.6. The van der Waals surface area contributed by atoms with E-state index in [4.69, 9.17) is 5.11 Å². The molecule has 0 spiro atoms. The average Bonchev–Trinajstić information content (AvgIpc) is 2.83. The molecule has 2 aliphatic heterocycles. The predicted octanol–water partition coefficient (Wildman–Crippen LogP) is 1.68. The minimum atomic E-state index is -0.721. The number of rotatable bonds is 5. The van der Waals surface area contributed by atoms with Gasteiger partial charge in [-0.25, -0.2) is 0 Å². The molecule has 5 nitrogen and oxygen atoms in total. The molecule has 3 unspecified atom stereocenters. The van der Waals surface area contributed by atoms with E-state index in [9.17, 15) is 9.59 Å². The van der Waals surface area contributed by atoms with E-state index in [2.05, 4.69) is 18.7 Å². The van der Waals surface area contributed by atoms with Crippen molar-refractivity contribution >= 4 is 11.9 Å². The first-order valence-corrected chi connectivity index (χ1v) is 8.16. The van der Waals surface area contributed by atoms with Gasteiger partial charge in [0.15, 0.2) is 0 Å². The summed E-state index contributed by atoms with van der Waals surface area (Å²) in [5.74, 6) is 1.15. The first-order valence-electron chi connectivity index (χ1n) is 8.16. The highest BCUT2D eigenvalue weighted by molar-refractivity contribution is 5.78. The standard InChI is InChI=1S/C16H28N2O3/c1-12-7-13(2)9-18(8-12)15(19)11-17-6-5-14(10-17)3-4-16(20)21/h12-14H,3-11H2,1-2H3,(H,20,21). The molecule has 0 saturated carbocycles. The second-order valence-corrected chi connectivity index (χ2v) is 7.07. The smallest absolute Gasteiger partial charge is 0.303 e. The zero-order valence-corrected chi connectivity index (χ0v) is 13.3. The molecule has 0 radical (unpaired) electrons. The van der Waals surface area contributed by atoms with Gasteiger partial charge in [0.2, 0.25) is 5.91 Å². The lowest BCUT2D eigenvalue weighted by atomic mass is 9.92. The molecule has 3 atom stereocenters. The molecule has 120 valence electrons. The van der Waals surface area contributed by atoms with E-state index in [0.29, 0.717) is 24.3 Å². The summed E-state index contributed by atoms with van der Waals surface area (Å²) in [6.07, 6.45) is 3.21. The van der Waals surface area contributed by atoms with Gasteiger partial charge in [0.05, 0.1) is 6.54 Å². The maximum absolute atomic E-state index is 12.4. The Hall–Kier alpha value is -1.10. The van der Waals surface area contributed by atoms with Crippen LogP contribution in [-0.2, 0) is 9.59 Å². The number of likely N-dealkylation sites (tertiary alicyclic amines) is 2. The quantitative estimate of drug-likeness (QED) is 0.838. The highest BCUT2D eigenvalue weighted by Crippen LogP contribution is 2.23. The van der Waals surface area contributed by atoms with E-state index < -0.39 is 5.97 Å². The van der Waals surface area contributed by atoms with Gasteiger partial charge in [0.25, 0.3) is 0 Å². The molecule has 21 heavy (non-hydrogen) atoms. The number of hydrogen-bond acceptors (Lipinski definition) is 3. The monoisotopic (exact) mass is 296 g/mol. The van der Waals surface area contributed by atoms with Crippen LogP contribution in [0.15, 0.2) is 0 Å². The summed E-state index contributed by atoms with van der Waals surface area (Å²) in [5.41, 5.74) is 0. The van der Waals surface area contributed by atoms with Crippen LogP contribution in [0.4, 0.5) is 0 Å². The number of carboxylic acid groups (broad SMARTS) is 1. The summed E-state index contributed by atoms with van der Waals surface area (Å²) in [6, 6.07) is 0. The Kier molecular flexibility index (Phi) is 5.62. The Balaban J connectivity index is 1.74. The number of amides is 1. The third-order valence-electron chi connectivity index (χ3n) is 4.72. The summed E-state index contributed by atoms with van der Waals surface area (Å²) in [7, 11) is 0. The van der Waals surface area contributed by atoms with Gasteiger partial charge in [-0.15, -0.1) is 0 Å². The van der Waals surface area contributed by atoms with Crippen LogP contribution in [0.25, 0.3) is 0 Å². The molecule has 0 aromatic carbocycles. The molecular weight excluding hydrogens is 268 g/mol. The van der Waals surface area contributed by atoms with Crippen LogP contribution in [0.5, 0.6) is 0 Å². The topological polar surface area (TPSA) is 60.9 Å². The molecule has 2 heterocycles. The summed E-state index contributed by atoms with van der Waals surface area (Å²) >= 11 is 0. The molecule has 0 aromatic heterocycles. The molecule has 2 aliphatic rings. The third kappa shape index (κ3) is 4.99. The molecule has 0 aromatic rings. The lowest BCUT2D eigenvalue weighted by molar-refractivity contribution is -0.137. The maximum atomic E-state index is 12.4. The van der Waals surface area contributed by atoms with Crippen LogP contribution in [0, 0.1) is 17.8 Å². The van der Waals surface area contributed by atoms with Gasteiger partial charge < -0.3 is 10.0 Å². The van der Waals surface area contributed by atoms with Crippen molar-refractivity contribution in [3.8, 4) is 0 Å². The summed E-state index contributed by atoms with van der Waals surface area (Å²) < 4.78 is 0. The zero-order valence-electron chi connectivity index (χ0n) is 13.3. The third-order valence-corrected chi connectivity index (χ3v) is 4.72. The van der Waals surface area contributed by atoms with Gasteiger partial charge in [-0.2, -0.15) is 0 Å². The molecule has 2 rings (SSSR count). The highest BCUT2D eigenvalue weighted by atomic mass is 16.4. The van der Waals surface area contributed by atoms with Crippen molar-refractivity contribution in [2.75, 3.05) is 32.7 Å². The lowest BCUT2D eigenvalue weighted by Gasteiger charge is -2.35. The zero-order chi connectivity index (χ0) is 15.4. The Morgan fingerprint density at radius 1 is 1.14 bits per heavy atom. The minimum Gasteiger partial charge on any atom is -0.481 e. The number of nitrogens with zero attached hydrogens (tertiary/aromatic N) is 2. The van der Waals surface area contributed by atoms with E-state index >= 15 is 0 Å². The van der Waals surface area contributed by atoms with Gasteiger partial charge in [-0.05, 0) is 43.6 Å². The van der Waals surface area contributed by atoms with Gasteiger partial charge in [-0.3, -0.25) is 14.5 Å². The van der Waals surface area contributed by atoms with Crippen LogP contribution in [0.3, 0.4) is 0 Å². The van der Waals surface area contributed by atoms with Crippen molar-refractivity contribution in [2.24, 2.45) is 17.8 Å². The molecule has 0 bridgehead atoms. The SMILES string of the molecule is CC1CC(C)CN(C(=O)CN2CCC(CCC(=O)O)C2)C1. The van der Waals surface area contributed by atoms with Crippen LogP contribution in [-0.4, -0.2) is 59.5 Å². The Morgan fingerprint density at radius 3 is 2.43 bits per heavy atom. The molecule has 5 heteroatoms. The predicted molar refractivity (Wildman–Crippen MR) is 80.9 cm³/mol. The summed E-state index contributed by atoms with van der Waals surface area (Å²) in [6.45, 7) is 8.51. The van der Waals surface area contributed by atoms with Crippen LogP contribution in [0.1, 0.15) is 39.5 Å². The summed E-state index contributed by atoms with van der Waals surface area (Å²) in [5, 5.41) is 8.73. The van der Waals surface area contributed by atoms with Crippen LogP contribution < -0.4 is 0 Å². The molecule has 2 saturated heterocycles. The van der Waals surface area contributed by atoms with E-state index in [-0.39, 0.29) is 12.3 Å². The van der Waals surface area contributed by atoms with Gasteiger partial charge in [-0.1, -0.05) is 13.8 Å². The van der Waals surface area contributed by atoms with E-state index in [1.807, 2.05) is 4.90 Å².